The number of rotatable bonds is 3. The Hall–Kier alpha value is -1.12. The fourth-order valence-corrected chi connectivity index (χ4v) is 3.26. The molecule has 0 saturated heterocycles. The van der Waals surface area contributed by atoms with Gasteiger partial charge in [-0.3, -0.25) is 0 Å². The molecular weight excluding hydrogens is 214 g/mol. The molecular formula is C14H15NS. The molecule has 0 aliphatic heterocycles. The topological polar surface area (TPSA) is 26.0 Å². The second kappa shape index (κ2) is 4.04. The fourth-order valence-electron chi connectivity index (χ4n) is 2.48. The second-order valence-corrected chi connectivity index (χ2v) is 5.49. The number of thiophene rings is 1. The minimum absolute atomic E-state index is 0.272. The third kappa shape index (κ3) is 1.68. The van der Waals surface area contributed by atoms with Crippen molar-refractivity contribution in [3.63, 3.8) is 0 Å². The first-order valence-corrected chi connectivity index (χ1v) is 6.58. The molecule has 2 atom stereocenters. The SMILES string of the molecule is NC(Cc1cccs1)C1Cc2ccccc21. The van der Waals surface area contributed by atoms with E-state index in [0.717, 1.165) is 12.8 Å². The number of hydrogen-bond acceptors (Lipinski definition) is 2. The Morgan fingerprint density at radius 2 is 2.12 bits per heavy atom. The van der Waals surface area contributed by atoms with Crippen molar-refractivity contribution >= 4 is 11.3 Å². The largest absolute Gasteiger partial charge is 0.327 e. The standard InChI is InChI=1S/C14H15NS/c15-14(9-11-5-3-7-16-11)13-8-10-4-1-2-6-12(10)13/h1-7,13-14H,8-9,15H2. The molecule has 1 aromatic carbocycles. The van der Waals surface area contributed by atoms with Crippen LogP contribution in [0.2, 0.25) is 0 Å². The Morgan fingerprint density at radius 3 is 2.88 bits per heavy atom. The molecule has 1 heterocycles. The van der Waals surface area contributed by atoms with Gasteiger partial charge in [-0.1, -0.05) is 30.3 Å². The van der Waals surface area contributed by atoms with Crippen molar-refractivity contribution in [1.82, 2.24) is 0 Å². The van der Waals surface area contributed by atoms with Gasteiger partial charge in [0.05, 0.1) is 0 Å². The van der Waals surface area contributed by atoms with Crippen LogP contribution in [0, 0.1) is 0 Å². The molecule has 1 aliphatic rings. The molecule has 2 aromatic rings. The Morgan fingerprint density at radius 1 is 1.25 bits per heavy atom. The van der Waals surface area contributed by atoms with E-state index in [1.165, 1.54) is 16.0 Å². The summed E-state index contributed by atoms with van der Waals surface area (Å²) >= 11 is 1.80. The van der Waals surface area contributed by atoms with Gasteiger partial charge in [0.15, 0.2) is 0 Å². The molecule has 1 nitrogen and oxygen atoms in total. The molecule has 2 unspecified atom stereocenters. The van der Waals surface area contributed by atoms with Crippen molar-refractivity contribution in [1.29, 1.82) is 0 Å². The first-order chi connectivity index (χ1) is 7.84. The van der Waals surface area contributed by atoms with E-state index in [4.69, 9.17) is 5.73 Å². The summed E-state index contributed by atoms with van der Waals surface area (Å²) in [5, 5.41) is 2.12. The van der Waals surface area contributed by atoms with Crippen molar-refractivity contribution in [2.24, 2.45) is 5.73 Å². The van der Waals surface area contributed by atoms with Gasteiger partial charge in [-0.15, -0.1) is 11.3 Å². The minimum atomic E-state index is 0.272. The lowest BCUT2D eigenvalue weighted by molar-refractivity contribution is 0.483. The zero-order chi connectivity index (χ0) is 11.0. The van der Waals surface area contributed by atoms with Crippen molar-refractivity contribution < 1.29 is 0 Å². The lowest BCUT2D eigenvalue weighted by Gasteiger charge is -2.34. The summed E-state index contributed by atoms with van der Waals surface area (Å²) in [4.78, 5) is 1.40. The summed E-state index contributed by atoms with van der Waals surface area (Å²) in [5.41, 5.74) is 9.24. The Labute approximate surface area is 99.9 Å². The number of nitrogens with two attached hydrogens (primary N) is 1. The van der Waals surface area contributed by atoms with Crippen LogP contribution in [0.1, 0.15) is 21.9 Å². The Bertz CT molecular complexity index is 475. The van der Waals surface area contributed by atoms with Crippen LogP contribution in [-0.2, 0) is 12.8 Å². The molecule has 0 radical (unpaired) electrons. The average molecular weight is 229 g/mol. The predicted octanol–water partition coefficient (Wildman–Crippen LogP) is 2.96. The van der Waals surface area contributed by atoms with Crippen LogP contribution in [0.25, 0.3) is 0 Å². The van der Waals surface area contributed by atoms with E-state index < -0.39 is 0 Å². The van der Waals surface area contributed by atoms with Crippen molar-refractivity contribution in [2.45, 2.75) is 24.8 Å². The van der Waals surface area contributed by atoms with Crippen LogP contribution in [0.3, 0.4) is 0 Å². The summed E-state index contributed by atoms with van der Waals surface area (Å²) in [6.45, 7) is 0. The van der Waals surface area contributed by atoms with Gasteiger partial charge in [0.2, 0.25) is 0 Å². The maximum atomic E-state index is 6.29. The molecule has 1 aromatic heterocycles. The van der Waals surface area contributed by atoms with Crippen LogP contribution in [-0.4, -0.2) is 6.04 Å². The zero-order valence-electron chi connectivity index (χ0n) is 9.10. The van der Waals surface area contributed by atoms with Gasteiger partial charge in [-0.25, -0.2) is 0 Å². The molecule has 0 fully saturated rings. The molecule has 0 saturated carbocycles. The van der Waals surface area contributed by atoms with E-state index in [9.17, 15) is 0 Å². The highest BCUT2D eigenvalue weighted by atomic mass is 32.1. The van der Waals surface area contributed by atoms with E-state index in [0.29, 0.717) is 5.92 Å². The van der Waals surface area contributed by atoms with E-state index in [1.54, 1.807) is 11.3 Å². The van der Waals surface area contributed by atoms with Crippen LogP contribution < -0.4 is 5.73 Å². The summed E-state index contributed by atoms with van der Waals surface area (Å²) in [5.74, 6) is 0.568. The van der Waals surface area contributed by atoms with E-state index in [-0.39, 0.29) is 6.04 Å². The van der Waals surface area contributed by atoms with E-state index >= 15 is 0 Å². The van der Waals surface area contributed by atoms with Gasteiger partial charge in [0.25, 0.3) is 0 Å². The van der Waals surface area contributed by atoms with Crippen LogP contribution >= 0.6 is 11.3 Å². The molecule has 2 N–H and O–H groups in total. The van der Waals surface area contributed by atoms with E-state index in [2.05, 4.69) is 41.8 Å². The highest BCUT2D eigenvalue weighted by molar-refractivity contribution is 7.09. The van der Waals surface area contributed by atoms with Gasteiger partial charge in [0, 0.05) is 16.8 Å². The molecule has 0 bridgehead atoms. The molecule has 3 rings (SSSR count). The number of hydrogen-bond donors (Lipinski definition) is 1. The zero-order valence-corrected chi connectivity index (χ0v) is 9.91. The summed E-state index contributed by atoms with van der Waals surface area (Å²) < 4.78 is 0. The maximum Gasteiger partial charge on any atom is 0.0160 e. The normalized spacial score (nSPS) is 19.9. The van der Waals surface area contributed by atoms with Crippen LogP contribution in [0.4, 0.5) is 0 Å². The molecule has 82 valence electrons. The average Bonchev–Trinajstić information content (AvgIpc) is 2.72. The Balaban J connectivity index is 1.72. The van der Waals surface area contributed by atoms with Gasteiger partial charge in [-0.2, -0.15) is 0 Å². The summed E-state index contributed by atoms with van der Waals surface area (Å²) in [7, 11) is 0. The summed E-state index contributed by atoms with van der Waals surface area (Å²) in [6, 6.07) is 13.2. The highest BCUT2D eigenvalue weighted by Gasteiger charge is 2.30. The minimum Gasteiger partial charge on any atom is -0.327 e. The summed E-state index contributed by atoms with van der Waals surface area (Å²) in [6.07, 6.45) is 2.17. The van der Waals surface area contributed by atoms with Crippen molar-refractivity contribution in [3.05, 3.63) is 57.8 Å². The number of benzene rings is 1. The van der Waals surface area contributed by atoms with Gasteiger partial charge in [0.1, 0.15) is 0 Å². The lowest BCUT2D eigenvalue weighted by Crippen LogP contribution is -2.37. The highest BCUT2D eigenvalue weighted by Crippen LogP contribution is 2.37. The molecule has 0 amide bonds. The molecule has 1 aliphatic carbocycles. The van der Waals surface area contributed by atoms with E-state index in [1.807, 2.05) is 0 Å². The van der Waals surface area contributed by atoms with Crippen LogP contribution in [0.15, 0.2) is 41.8 Å². The van der Waals surface area contributed by atoms with Crippen LogP contribution in [0.5, 0.6) is 0 Å². The van der Waals surface area contributed by atoms with Crippen molar-refractivity contribution in [2.75, 3.05) is 0 Å². The van der Waals surface area contributed by atoms with Gasteiger partial charge in [-0.05, 0) is 35.4 Å². The first-order valence-electron chi connectivity index (χ1n) is 5.70. The monoisotopic (exact) mass is 229 g/mol. The van der Waals surface area contributed by atoms with Gasteiger partial charge >= 0.3 is 0 Å². The quantitative estimate of drug-likeness (QED) is 0.860. The smallest absolute Gasteiger partial charge is 0.0160 e. The maximum absolute atomic E-state index is 6.29. The Kier molecular flexibility index (Phi) is 2.54. The third-order valence-corrected chi connectivity index (χ3v) is 4.33. The molecule has 0 spiro atoms. The van der Waals surface area contributed by atoms with Crippen molar-refractivity contribution in [3.8, 4) is 0 Å². The second-order valence-electron chi connectivity index (χ2n) is 4.46. The first kappa shape index (κ1) is 10.1. The predicted molar refractivity (Wildman–Crippen MR) is 68.9 cm³/mol. The third-order valence-electron chi connectivity index (χ3n) is 3.43. The molecule has 16 heavy (non-hydrogen) atoms. The fraction of sp³-hybridized carbons (Fsp3) is 0.286. The van der Waals surface area contributed by atoms with Gasteiger partial charge < -0.3 is 5.73 Å². The molecule has 2 heteroatoms. The number of fused-ring (bicyclic) bond motifs is 1. The lowest BCUT2D eigenvalue weighted by atomic mass is 9.73.